The van der Waals surface area contributed by atoms with Gasteiger partial charge in [0.15, 0.2) is 6.04 Å². The van der Waals surface area contributed by atoms with E-state index in [1.165, 1.54) is 12.3 Å². The maximum Gasteiger partial charge on any atom is 0.412 e. The summed E-state index contributed by atoms with van der Waals surface area (Å²) in [6.07, 6.45) is 4.17. The zero-order valence-electron chi connectivity index (χ0n) is 26.2. The van der Waals surface area contributed by atoms with Crippen LogP contribution >= 0.6 is 0 Å². The first-order valence-electron chi connectivity index (χ1n) is 16.2. The van der Waals surface area contributed by atoms with Crippen LogP contribution in [0.5, 0.6) is 5.88 Å². The Hall–Kier alpha value is -3.98. The van der Waals surface area contributed by atoms with Crippen molar-refractivity contribution in [3.8, 4) is 5.88 Å². The zero-order chi connectivity index (χ0) is 34.3. The normalized spacial score (nSPS) is 28.3. The first-order valence-corrected chi connectivity index (χ1v) is 17.7. The molecule has 11 nitrogen and oxygen atoms in total. The van der Waals surface area contributed by atoms with Crippen LogP contribution in [0.4, 0.5) is 13.2 Å². The molecule has 0 spiro atoms. The molecule has 1 aromatic carbocycles. The molecule has 15 heteroatoms. The second kappa shape index (κ2) is 13.1. The molecule has 0 unspecified atom stereocenters. The molecule has 4 bridgehead atoms. The summed E-state index contributed by atoms with van der Waals surface area (Å²) < 4.78 is 76.4. The summed E-state index contributed by atoms with van der Waals surface area (Å²) >= 11 is 0. The zero-order valence-corrected chi connectivity index (χ0v) is 27.0. The van der Waals surface area contributed by atoms with E-state index in [0.29, 0.717) is 31.1 Å². The van der Waals surface area contributed by atoms with E-state index in [0.717, 1.165) is 28.7 Å². The molecule has 258 valence electrons. The smallest absolute Gasteiger partial charge is 0.412 e. The summed E-state index contributed by atoms with van der Waals surface area (Å²) in [7, 11) is -3.96. The lowest BCUT2D eigenvalue weighted by Crippen LogP contribution is -2.60. The van der Waals surface area contributed by atoms with Gasteiger partial charge in [-0.2, -0.15) is 13.2 Å². The van der Waals surface area contributed by atoms with Gasteiger partial charge in [0.1, 0.15) is 17.7 Å². The van der Waals surface area contributed by atoms with Gasteiger partial charge in [-0.05, 0) is 68.2 Å². The number of allylic oxidation sites excluding steroid dienone is 1. The van der Waals surface area contributed by atoms with Crippen LogP contribution in [0.15, 0.2) is 49.2 Å². The average Bonchev–Trinajstić information content (AvgIpc) is 3.96. The van der Waals surface area contributed by atoms with Crippen LogP contribution in [-0.2, 0) is 24.4 Å². The molecule has 0 radical (unpaired) electrons. The number of carbonyl (C=O) groups is 3. The lowest BCUT2D eigenvalue weighted by Gasteiger charge is -2.30. The number of nitrogens with one attached hydrogen (secondary N) is 3. The van der Waals surface area contributed by atoms with Crippen LogP contribution in [0.3, 0.4) is 0 Å². The Bertz CT molecular complexity index is 1750. The molecule has 3 amide bonds. The number of rotatable bonds is 6. The van der Waals surface area contributed by atoms with Gasteiger partial charge in [0.25, 0.3) is 5.91 Å². The van der Waals surface area contributed by atoms with Crippen molar-refractivity contribution >= 4 is 44.6 Å². The van der Waals surface area contributed by atoms with Crippen molar-refractivity contribution in [2.24, 2.45) is 5.92 Å². The van der Waals surface area contributed by atoms with Gasteiger partial charge in [-0.1, -0.05) is 36.8 Å². The van der Waals surface area contributed by atoms with Crippen molar-refractivity contribution in [3.63, 3.8) is 0 Å². The van der Waals surface area contributed by atoms with E-state index in [2.05, 4.69) is 26.9 Å². The minimum Gasteiger partial charge on any atom is -0.472 e. The highest BCUT2D eigenvalue weighted by Crippen LogP contribution is 2.45. The van der Waals surface area contributed by atoms with Crippen molar-refractivity contribution in [1.82, 2.24) is 25.2 Å². The molecule has 1 aromatic heterocycles. The largest absolute Gasteiger partial charge is 0.472 e. The number of pyridine rings is 1. The SMILES string of the molecule is C=C[C@@H]1C[C@]1(NC(=O)[C@@H]1C[C@@H]2CN1C(=O)[C@H](C(F)(F)F)NCCCCCC=Cc1ccc3ccnc(c3c1)O2)C(=O)NS(=O)(=O)C1CC1. The van der Waals surface area contributed by atoms with Gasteiger partial charge in [0, 0.05) is 23.9 Å². The Balaban J connectivity index is 1.31. The molecular formula is C33H38F3N5O6S. The highest BCUT2D eigenvalue weighted by atomic mass is 32.2. The number of hydrogen-bond acceptors (Lipinski definition) is 8. The fourth-order valence-electron chi connectivity index (χ4n) is 6.45. The molecule has 2 aliphatic heterocycles. The Morgan fingerprint density at radius 1 is 1.17 bits per heavy atom. The van der Waals surface area contributed by atoms with E-state index in [4.69, 9.17) is 4.74 Å². The van der Waals surface area contributed by atoms with Gasteiger partial charge in [-0.15, -0.1) is 6.58 Å². The van der Waals surface area contributed by atoms with E-state index < -0.39 is 68.8 Å². The topological polar surface area (TPSA) is 147 Å². The number of nitrogens with zero attached hydrogens (tertiary/aromatic N) is 2. The molecule has 6 rings (SSSR count). The molecule has 3 fully saturated rings. The van der Waals surface area contributed by atoms with E-state index in [-0.39, 0.29) is 31.8 Å². The summed E-state index contributed by atoms with van der Waals surface area (Å²) in [5.74, 6) is -3.63. The Morgan fingerprint density at radius 3 is 2.67 bits per heavy atom. The third-order valence-electron chi connectivity index (χ3n) is 9.41. The first-order chi connectivity index (χ1) is 22.8. The predicted octanol–water partition coefficient (Wildman–Crippen LogP) is 3.36. The van der Waals surface area contributed by atoms with Crippen LogP contribution in [0.2, 0.25) is 0 Å². The minimum atomic E-state index is -4.96. The standard InChI is InChI=1S/C33H38F3N5O6S/c1-2-22-18-32(22,31(44)40-48(45,46)24-11-12-24)39-28(42)26-17-23-19-41(26)30(43)27(33(34,35)36)37-14-7-5-3-4-6-8-20-9-10-21-13-15-38-29(47-23)25(21)16-20/h2,6,8-10,13,15-16,22-24,26-27,37H,1,3-5,7,11-12,14,17-19H2,(H,39,42)(H,40,44)/t22-,23-,26+,27-,32-/m1/s1. The van der Waals surface area contributed by atoms with Gasteiger partial charge in [0.2, 0.25) is 27.7 Å². The number of alkyl halides is 3. The predicted molar refractivity (Wildman–Crippen MR) is 171 cm³/mol. The van der Waals surface area contributed by atoms with Crippen molar-refractivity contribution in [3.05, 3.63) is 54.8 Å². The fourth-order valence-corrected chi connectivity index (χ4v) is 7.81. The number of benzene rings is 1. The van der Waals surface area contributed by atoms with E-state index in [1.807, 2.05) is 30.4 Å². The molecule has 2 aliphatic carbocycles. The lowest BCUT2D eigenvalue weighted by atomic mass is 10.1. The Kier molecular flexibility index (Phi) is 9.28. The molecule has 5 atom stereocenters. The Labute approximate surface area is 276 Å². The van der Waals surface area contributed by atoms with E-state index in [1.54, 1.807) is 6.07 Å². The van der Waals surface area contributed by atoms with Gasteiger partial charge < -0.3 is 15.0 Å². The molecule has 2 saturated carbocycles. The second-order valence-corrected chi connectivity index (χ2v) is 14.9. The minimum absolute atomic E-state index is 0.0400. The summed E-state index contributed by atoms with van der Waals surface area (Å²) in [5, 5.41) is 5.71. The van der Waals surface area contributed by atoms with Crippen molar-refractivity contribution in [2.45, 2.75) is 86.5 Å². The summed E-state index contributed by atoms with van der Waals surface area (Å²) in [6.45, 7) is 3.24. The van der Waals surface area contributed by atoms with E-state index >= 15 is 0 Å². The molecule has 3 heterocycles. The highest BCUT2D eigenvalue weighted by molar-refractivity contribution is 7.91. The van der Waals surface area contributed by atoms with Gasteiger partial charge in [-0.3, -0.25) is 24.4 Å². The van der Waals surface area contributed by atoms with Crippen LogP contribution in [-0.4, -0.2) is 84.3 Å². The Morgan fingerprint density at radius 2 is 1.96 bits per heavy atom. The van der Waals surface area contributed by atoms with E-state index in [9.17, 15) is 36.0 Å². The number of sulfonamides is 1. The van der Waals surface area contributed by atoms with Crippen molar-refractivity contribution in [1.29, 1.82) is 0 Å². The number of aromatic nitrogens is 1. The van der Waals surface area contributed by atoms with Gasteiger partial charge >= 0.3 is 6.18 Å². The third-order valence-corrected chi connectivity index (χ3v) is 11.2. The summed E-state index contributed by atoms with van der Waals surface area (Å²) in [4.78, 5) is 46.1. The second-order valence-electron chi connectivity index (χ2n) is 12.9. The molecule has 4 aliphatic rings. The van der Waals surface area contributed by atoms with Crippen LogP contribution in [0, 0.1) is 5.92 Å². The number of halogens is 3. The van der Waals surface area contributed by atoms with Crippen LogP contribution < -0.4 is 20.1 Å². The van der Waals surface area contributed by atoms with Crippen molar-refractivity contribution in [2.75, 3.05) is 13.1 Å². The summed E-state index contributed by atoms with van der Waals surface area (Å²) in [6, 6.07) is 3.51. The van der Waals surface area contributed by atoms with Crippen LogP contribution in [0.25, 0.3) is 16.8 Å². The molecule has 1 saturated heterocycles. The molecular weight excluding hydrogens is 651 g/mol. The summed E-state index contributed by atoms with van der Waals surface area (Å²) in [5.41, 5.74) is -0.770. The number of hydrogen-bond donors (Lipinski definition) is 3. The van der Waals surface area contributed by atoms with Crippen LogP contribution in [0.1, 0.15) is 56.9 Å². The number of fused-ring (bicyclic) bond motifs is 3. The van der Waals surface area contributed by atoms with Gasteiger partial charge in [0.05, 0.1) is 11.8 Å². The molecule has 48 heavy (non-hydrogen) atoms. The quantitative estimate of drug-likeness (QED) is 0.392. The molecule has 3 N–H and O–H groups in total. The third kappa shape index (κ3) is 7.07. The number of amides is 3. The van der Waals surface area contributed by atoms with Gasteiger partial charge in [-0.25, -0.2) is 13.4 Å². The maximum absolute atomic E-state index is 14.3. The first kappa shape index (κ1) is 33.9. The average molecular weight is 690 g/mol. The number of ether oxygens (including phenoxy) is 1. The fraction of sp³-hybridized carbons (Fsp3) is 0.515. The molecule has 2 aromatic rings. The monoisotopic (exact) mass is 689 g/mol. The van der Waals surface area contributed by atoms with Crippen molar-refractivity contribution < 1.29 is 40.7 Å². The highest BCUT2D eigenvalue weighted by Gasteiger charge is 2.62. The lowest BCUT2D eigenvalue weighted by molar-refractivity contribution is -0.177. The maximum atomic E-state index is 14.3. The number of carbonyl (C=O) groups excluding carboxylic acids is 3.